The Balaban J connectivity index is 2.19. The molecule has 110 valence electrons. The molecule has 0 fully saturated rings. The molecule has 0 saturated heterocycles. The van der Waals surface area contributed by atoms with Gasteiger partial charge in [-0.2, -0.15) is 4.57 Å². The Hall–Kier alpha value is -2.45. The van der Waals surface area contributed by atoms with Gasteiger partial charge in [0, 0.05) is 24.6 Å². The summed E-state index contributed by atoms with van der Waals surface area (Å²) in [6.45, 7) is 2.83. The molecule has 0 aliphatic carbocycles. The number of nitrogens with zero attached hydrogens (tertiary/aromatic N) is 1. The third kappa shape index (κ3) is 2.92. The second-order valence-electron chi connectivity index (χ2n) is 5.38. The molecular weight excluding hydrogens is 270 g/mol. The second-order valence-corrected chi connectivity index (χ2v) is 5.38. The molecule has 3 aromatic rings. The van der Waals surface area contributed by atoms with Crippen LogP contribution in [0.15, 0.2) is 72.8 Å². The number of aromatic nitrogens is 1. The van der Waals surface area contributed by atoms with Gasteiger partial charge in [0.05, 0.1) is 0 Å². The second kappa shape index (κ2) is 6.54. The molecule has 1 N–H and O–H groups in total. The van der Waals surface area contributed by atoms with Crippen molar-refractivity contribution in [3.8, 4) is 22.4 Å². The van der Waals surface area contributed by atoms with Gasteiger partial charge in [-0.1, -0.05) is 48.5 Å². The number of aliphatic hydroxyl groups is 1. The standard InChI is InChI=1S/C20H20NO/c1-16-14-19(17-8-4-2-5-9-17)15-20(21(16)12-13-22)18-10-6-3-7-11-18/h2-11,14-15,22H,12-13H2,1H3/q+1. The molecular formula is C20H20NO+. The zero-order valence-corrected chi connectivity index (χ0v) is 12.7. The van der Waals surface area contributed by atoms with Gasteiger partial charge in [-0.25, -0.2) is 0 Å². The molecule has 1 heterocycles. The van der Waals surface area contributed by atoms with Gasteiger partial charge in [0.25, 0.3) is 0 Å². The van der Waals surface area contributed by atoms with Crippen molar-refractivity contribution in [2.75, 3.05) is 6.61 Å². The molecule has 0 radical (unpaired) electrons. The Kier molecular flexibility index (Phi) is 4.31. The molecule has 2 nitrogen and oxygen atoms in total. The van der Waals surface area contributed by atoms with Crippen LogP contribution in [-0.2, 0) is 6.54 Å². The van der Waals surface area contributed by atoms with Crippen LogP contribution < -0.4 is 4.57 Å². The Morgan fingerprint density at radius 1 is 0.773 bits per heavy atom. The topological polar surface area (TPSA) is 24.1 Å². The summed E-state index contributed by atoms with van der Waals surface area (Å²) in [7, 11) is 0. The van der Waals surface area contributed by atoms with Crippen molar-refractivity contribution >= 4 is 0 Å². The average Bonchev–Trinajstić information content (AvgIpc) is 2.58. The number of aryl methyl sites for hydroxylation is 1. The van der Waals surface area contributed by atoms with Crippen LogP contribution in [0.3, 0.4) is 0 Å². The van der Waals surface area contributed by atoms with E-state index in [4.69, 9.17) is 0 Å². The summed E-state index contributed by atoms with van der Waals surface area (Å²) >= 11 is 0. The van der Waals surface area contributed by atoms with Crippen molar-refractivity contribution in [1.82, 2.24) is 0 Å². The van der Waals surface area contributed by atoms with E-state index < -0.39 is 0 Å². The largest absolute Gasteiger partial charge is 0.390 e. The average molecular weight is 290 g/mol. The summed E-state index contributed by atoms with van der Waals surface area (Å²) < 4.78 is 2.17. The van der Waals surface area contributed by atoms with E-state index in [0.29, 0.717) is 6.54 Å². The normalized spacial score (nSPS) is 10.6. The number of pyridine rings is 1. The summed E-state index contributed by atoms with van der Waals surface area (Å²) in [6.07, 6.45) is 0. The molecule has 0 aliphatic rings. The Morgan fingerprint density at radius 2 is 1.36 bits per heavy atom. The molecule has 22 heavy (non-hydrogen) atoms. The number of hydrogen-bond donors (Lipinski definition) is 1. The first kappa shape index (κ1) is 14.5. The van der Waals surface area contributed by atoms with E-state index in [-0.39, 0.29) is 6.61 Å². The molecule has 0 saturated carbocycles. The van der Waals surface area contributed by atoms with Gasteiger partial charge in [0.15, 0.2) is 12.2 Å². The lowest BCUT2D eigenvalue weighted by atomic mass is 10.0. The molecule has 1 aromatic heterocycles. The van der Waals surface area contributed by atoms with E-state index >= 15 is 0 Å². The van der Waals surface area contributed by atoms with Gasteiger partial charge < -0.3 is 5.11 Å². The van der Waals surface area contributed by atoms with E-state index in [9.17, 15) is 5.11 Å². The van der Waals surface area contributed by atoms with Crippen LogP contribution in [0.4, 0.5) is 0 Å². The van der Waals surface area contributed by atoms with Crippen molar-refractivity contribution in [3.05, 3.63) is 78.5 Å². The summed E-state index contributed by atoms with van der Waals surface area (Å²) in [5, 5.41) is 9.38. The van der Waals surface area contributed by atoms with Crippen molar-refractivity contribution < 1.29 is 9.67 Å². The fourth-order valence-corrected chi connectivity index (χ4v) is 2.80. The van der Waals surface area contributed by atoms with E-state index in [1.165, 1.54) is 11.1 Å². The van der Waals surface area contributed by atoms with Gasteiger partial charge in [0.1, 0.15) is 6.61 Å². The highest BCUT2D eigenvalue weighted by Gasteiger charge is 2.17. The van der Waals surface area contributed by atoms with Crippen LogP contribution in [0, 0.1) is 6.92 Å². The number of benzene rings is 2. The summed E-state index contributed by atoms with van der Waals surface area (Å²) in [5.41, 5.74) is 5.85. The quantitative estimate of drug-likeness (QED) is 0.729. The monoisotopic (exact) mass is 290 g/mol. The smallest absolute Gasteiger partial charge is 0.213 e. The molecule has 0 atom stereocenters. The van der Waals surface area contributed by atoms with Gasteiger partial charge in [-0.05, 0) is 23.3 Å². The minimum atomic E-state index is 0.135. The summed E-state index contributed by atoms with van der Waals surface area (Å²) in [4.78, 5) is 0. The molecule has 0 spiro atoms. The predicted molar refractivity (Wildman–Crippen MR) is 89.3 cm³/mol. The fraction of sp³-hybridized carbons (Fsp3) is 0.150. The predicted octanol–water partition coefficient (Wildman–Crippen LogP) is 3.61. The molecule has 0 aliphatic heterocycles. The first-order chi connectivity index (χ1) is 10.8. The lowest BCUT2D eigenvalue weighted by Crippen LogP contribution is -2.41. The maximum Gasteiger partial charge on any atom is 0.213 e. The van der Waals surface area contributed by atoms with E-state index in [2.05, 4.69) is 60.0 Å². The van der Waals surface area contributed by atoms with Crippen molar-refractivity contribution in [2.24, 2.45) is 0 Å². The van der Waals surface area contributed by atoms with Gasteiger partial charge in [-0.3, -0.25) is 0 Å². The minimum absolute atomic E-state index is 0.135. The van der Waals surface area contributed by atoms with Gasteiger partial charge in [-0.15, -0.1) is 0 Å². The Labute approximate surface area is 131 Å². The van der Waals surface area contributed by atoms with Crippen LogP contribution in [-0.4, -0.2) is 11.7 Å². The lowest BCUT2D eigenvalue weighted by molar-refractivity contribution is -0.693. The highest BCUT2D eigenvalue weighted by atomic mass is 16.3. The van der Waals surface area contributed by atoms with Crippen LogP contribution >= 0.6 is 0 Å². The molecule has 3 rings (SSSR count). The zero-order valence-electron chi connectivity index (χ0n) is 12.7. The van der Waals surface area contributed by atoms with Gasteiger partial charge in [0.2, 0.25) is 5.69 Å². The first-order valence-corrected chi connectivity index (χ1v) is 7.56. The fourth-order valence-electron chi connectivity index (χ4n) is 2.80. The van der Waals surface area contributed by atoms with Crippen molar-refractivity contribution in [2.45, 2.75) is 13.5 Å². The highest BCUT2D eigenvalue weighted by Crippen LogP contribution is 2.24. The molecule has 0 unspecified atom stereocenters. The maximum absolute atomic E-state index is 9.38. The van der Waals surface area contributed by atoms with E-state index in [1.807, 2.05) is 24.3 Å². The molecule has 2 heteroatoms. The summed E-state index contributed by atoms with van der Waals surface area (Å²) in [5.74, 6) is 0. The Bertz CT molecular complexity index is 751. The highest BCUT2D eigenvalue weighted by molar-refractivity contribution is 5.69. The third-order valence-electron chi connectivity index (χ3n) is 3.87. The van der Waals surface area contributed by atoms with E-state index in [1.54, 1.807) is 0 Å². The summed E-state index contributed by atoms with van der Waals surface area (Å²) in [6, 6.07) is 25.1. The number of hydrogen-bond acceptors (Lipinski definition) is 1. The SMILES string of the molecule is Cc1cc(-c2ccccc2)cc(-c2ccccc2)[n+]1CCO. The van der Waals surface area contributed by atoms with Crippen LogP contribution in [0.25, 0.3) is 22.4 Å². The van der Waals surface area contributed by atoms with Crippen molar-refractivity contribution in [3.63, 3.8) is 0 Å². The van der Waals surface area contributed by atoms with Crippen LogP contribution in [0.2, 0.25) is 0 Å². The van der Waals surface area contributed by atoms with Crippen molar-refractivity contribution in [1.29, 1.82) is 0 Å². The maximum atomic E-state index is 9.38. The Morgan fingerprint density at radius 3 is 1.95 bits per heavy atom. The van der Waals surface area contributed by atoms with Crippen LogP contribution in [0.1, 0.15) is 5.69 Å². The van der Waals surface area contributed by atoms with Gasteiger partial charge >= 0.3 is 0 Å². The number of rotatable bonds is 4. The minimum Gasteiger partial charge on any atom is -0.390 e. The van der Waals surface area contributed by atoms with Crippen LogP contribution in [0.5, 0.6) is 0 Å². The third-order valence-corrected chi connectivity index (χ3v) is 3.87. The number of aliphatic hydroxyl groups excluding tert-OH is 1. The van der Waals surface area contributed by atoms with E-state index in [0.717, 1.165) is 17.0 Å². The molecule has 0 amide bonds. The molecule has 2 aromatic carbocycles. The molecule has 0 bridgehead atoms. The lowest BCUT2D eigenvalue weighted by Gasteiger charge is -2.09. The first-order valence-electron chi connectivity index (χ1n) is 7.56. The zero-order chi connectivity index (χ0) is 15.4.